The van der Waals surface area contributed by atoms with Gasteiger partial charge in [-0.15, -0.1) is 10.2 Å². The number of hydrogen-bond donors (Lipinski definition) is 1. The summed E-state index contributed by atoms with van der Waals surface area (Å²) in [5, 5.41) is 20.7. The first kappa shape index (κ1) is 21.4. The normalized spacial score (nSPS) is 14.0. The largest absolute Gasteiger partial charge is 0.366 e. The smallest absolute Gasteiger partial charge is 0.164 e. The third-order valence-electron chi connectivity index (χ3n) is 5.40. The molecular weight excluding hydrogens is 410 g/mol. The minimum Gasteiger partial charge on any atom is -0.366 e. The Balaban J connectivity index is 1.78. The molecule has 162 valence electrons. The number of benzene rings is 1. The molecule has 0 unspecified atom stereocenters. The number of nitriles is 1. The van der Waals surface area contributed by atoms with E-state index in [1.54, 1.807) is 23.0 Å². The molecule has 1 fully saturated rings. The molecule has 0 spiro atoms. The molecule has 0 saturated heterocycles. The fourth-order valence-electron chi connectivity index (χ4n) is 3.50. The lowest BCUT2D eigenvalue weighted by molar-refractivity contribution is 0.539. The lowest BCUT2D eigenvalue weighted by Gasteiger charge is -2.14. The van der Waals surface area contributed by atoms with Gasteiger partial charge in [0.15, 0.2) is 17.5 Å². The second kappa shape index (κ2) is 8.71. The standard InChI is InChI=1S/C24H22F2N6/c1-14(23(26)15(2)25)12-28-22-10-18(9-21(30-22)17-5-6-17)19-7-4-16(11-27)8-20(19)24-31-29-13-32(24)3/h4,7-10,13,17H,2,5-6,12H2,1,3H3,(H,28,30)/b23-14-. The van der Waals surface area contributed by atoms with E-state index in [0.717, 1.165) is 35.2 Å². The molecule has 1 aliphatic carbocycles. The quantitative estimate of drug-likeness (QED) is 0.504. The van der Waals surface area contributed by atoms with Crippen molar-refractivity contribution in [2.45, 2.75) is 25.7 Å². The van der Waals surface area contributed by atoms with Crippen molar-refractivity contribution in [2.24, 2.45) is 7.05 Å². The molecule has 0 atom stereocenters. The van der Waals surface area contributed by atoms with Gasteiger partial charge in [0.25, 0.3) is 0 Å². The summed E-state index contributed by atoms with van der Waals surface area (Å²) < 4.78 is 28.7. The number of pyridine rings is 1. The Morgan fingerprint density at radius 3 is 2.66 bits per heavy atom. The van der Waals surface area contributed by atoms with Crippen molar-refractivity contribution < 1.29 is 8.78 Å². The second-order valence-electron chi connectivity index (χ2n) is 7.93. The van der Waals surface area contributed by atoms with Crippen LogP contribution in [0.25, 0.3) is 22.5 Å². The molecule has 6 nitrogen and oxygen atoms in total. The summed E-state index contributed by atoms with van der Waals surface area (Å²) in [4.78, 5) is 4.68. The Morgan fingerprint density at radius 1 is 1.25 bits per heavy atom. The van der Waals surface area contributed by atoms with Crippen LogP contribution in [-0.4, -0.2) is 26.3 Å². The molecule has 2 heterocycles. The highest BCUT2D eigenvalue weighted by Crippen LogP contribution is 2.42. The van der Waals surface area contributed by atoms with Gasteiger partial charge in [-0.2, -0.15) is 5.26 Å². The lowest BCUT2D eigenvalue weighted by Crippen LogP contribution is -2.07. The zero-order valence-corrected chi connectivity index (χ0v) is 17.9. The number of nitrogens with one attached hydrogen (secondary N) is 1. The Bertz CT molecular complexity index is 1260. The zero-order chi connectivity index (χ0) is 22.8. The first-order chi connectivity index (χ1) is 15.4. The average Bonchev–Trinajstić information content (AvgIpc) is 3.57. The van der Waals surface area contributed by atoms with Gasteiger partial charge in [-0.3, -0.25) is 0 Å². The van der Waals surface area contributed by atoms with Crippen molar-refractivity contribution >= 4 is 5.82 Å². The minimum atomic E-state index is -1.09. The monoisotopic (exact) mass is 432 g/mol. The molecule has 8 heteroatoms. The van der Waals surface area contributed by atoms with Gasteiger partial charge in [0.05, 0.1) is 11.6 Å². The molecule has 1 saturated carbocycles. The SMILES string of the molecule is C=C(F)/C(F)=C(\C)CNc1cc(-c2ccc(C#N)cc2-c2nncn2C)cc(C2CC2)n1. The first-order valence-corrected chi connectivity index (χ1v) is 10.2. The van der Waals surface area contributed by atoms with Crippen LogP contribution in [0.3, 0.4) is 0 Å². The van der Waals surface area contributed by atoms with Crippen molar-refractivity contribution in [2.75, 3.05) is 11.9 Å². The summed E-state index contributed by atoms with van der Waals surface area (Å²) in [6.45, 7) is 4.61. The van der Waals surface area contributed by atoms with E-state index < -0.39 is 11.7 Å². The van der Waals surface area contributed by atoms with Crippen molar-refractivity contribution in [3.63, 3.8) is 0 Å². The van der Waals surface area contributed by atoms with E-state index in [4.69, 9.17) is 0 Å². The van der Waals surface area contributed by atoms with Gasteiger partial charge < -0.3 is 9.88 Å². The summed E-state index contributed by atoms with van der Waals surface area (Å²) in [6.07, 6.45) is 3.74. The van der Waals surface area contributed by atoms with E-state index in [-0.39, 0.29) is 12.1 Å². The van der Waals surface area contributed by atoms with E-state index in [0.29, 0.717) is 23.1 Å². The van der Waals surface area contributed by atoms with Crippen molar-refractivity contribution in [3.8, 4) is 28.6 Å². The molecule has 1 N–H and O–H groups in total. The van der Waals surface area contributed by atoms with E-state index in [1.165, 1.54) is 6.92 Å². The Kier molecular flexibility index (Phi) is 5.82. The minimum absolute atomic E-state index is 0.0961. The van der Waals surface area contributed by atoms with Crippen LogP contribution in [0.4, 0.5) is 14.6 Å². The number of aromatic nitrogens is 4. The van der Waals surface area contributed by atoms with Crippen LogP contribution in [0.15, 0.2) is 60.5 Å². The van der Waals surface area contributed by atoms with Gasteiger partial charge in [0, 0.05) is 30.8 Å². The first-order valence-electron chi connectivity index (χ1n) is 10.2. The van der Waals surface area contributed by atoms with Crippen LogP contribution in [0, 0.1) is 11.3 Å². The Labute approximate surface area is 184 Å². The predicted octanol–water partition coefficient (Wildman–Crippen LogP) is 5.43. The Morgan fingerprint density at radius 2 is 2.03 bits per heavy atom. The fraction of sp³-hybridized carbons (Fsp3) is 0.250. The highest BCUT2D eigenvalue weighted by molar-refractivity contribution is 5.83. The van der Waals surface area contributed by atoms with Crippen LogP contribution >= 0.6 is 0 Å². The highest BCUT2D eigenvalue weighted by Gasteiger charge is 2.26. The van der Waals surface area contributed by atoms with E-state index in [1.807, 2.05) is 25.2 Å². The zero-order valence-electron chi connectivity index (χ0n) is 17.9. The molecule has 32 heavy (non-hydrogen) atoms. The molecule has 1 aromatic carbocycles. The molecular formula is C24H22F2N6. The third-order valence-corrected chi connectivity index (χ3v) is 5.40. The van der Waals surface area contributed by atoms with Crippen LogP contribution in [0.2, 0.25) is 0 Å². The van der Waals surface area contributed by atoms with Crippen LogP contribution < -0.4 is 5.32 Å². The molecule has 2 aromatic heterocycles. The summed E-state index contributed by atoms with van der Waals surface area (Å²) >= 11 is 0. The molecule has 0 aliphatic heterocycles. The third kappa shape index (κ3) is 4.42. The van der Waals surface area contributed by atoms with Crippen molar-refractivity contribution in [1.29, 1.82) is 5.26 Å². The van der Waals surface area contributed by atoms with E-state index in [2.05, 4.69) is 33.1 Å². The Hall–Kier alpha value is -3.86. The fourth-order valence-corrected chi connectivity index (χ4v) is 3.50. The summed E-state index contributed by atoms with van der Waals surface area (Å²) in [6, 6.07) is 11.5. The lowest BCUT2D eigenvalue weighted by atomic mass is 9.96. The number of anilines is 1. The summed E-state index contributed by atoms with van der Waals surface area (Å²) in [5.41, 5.74) is 4.21. The predicted molar refractivity (Wildman–Crippen MR) is 119 cm³/mol. The molecule has 0 radical (unpaired) electrons. The van der Waals surface area contributed by atoms with Gasteiger partial charge in [-0.05, 0) is 60.7 Å². The van der Waals surface area contributed by atoms with Crippen LogP contribution in [0.1, 0.15) is 36.9 Å². The molecule has 0 amide bonds. The molecule has 1 aliphatic rings. The summed E-state index contributed by atoms with van der Waals surface area (Å²) in [7, 11) is 1.84. The van der Waals surface area contributed by atoms with Crippen molar-refractivity contribution in [1.82, 2.24) is 19.7 Å². The number of rotatable bonds is 7. The highest BCUT2D eigenvalue weighted by atomic mass is 19.2. The number of hydrogen-bond acceptors (Lipinski definition) is 5. The van der Waals surface area contributed by atoms with Gasteiger partial charge in [-0.25, -0.2) is 13.8 Å². The average molecular weight is 432 g/mol. The molecule has 4 rings (SSSR count). The van der Waals surface area contributed by atoms with Gasteiger partial charge >= 0.3 is 0 Å². The molecule has 0 bridgehead atoms. The van der Waals surface area contributed by atoms with Gasteiger partial charge in [-0.1, -0.05) is 12.6 Å². The van der Waals surface area contributed by atoms with Gasteiger partial charge in [0.2, 0.25) is 0 Å². The number of halogens is 2. The topological polar surface area (TPSA) is 79.4 Å². The maximum atomic E-state index is 13.8. The van der Waals surface area contributed by atoms with Crippen LogP contribution in [-0.2, 0) is 7.05 Å². The summed E-state index contributed by atoms with van der Waals surface area (Å²) in [5.74, 6) is -0.456. The van der Waals surface area contributed by atoms with Gasteiger partial charge in [0.1, 0.15) is 12.1 Å². The van der Waals surface area contributed by atoms with Crippen LogP contribution in [0.5, 0.6) is 0 Å². The number of aryl methyl sites for hydroxylation is 1. The maximum Gasteiger partial charge on any atom is 0.164 e. The van der Waals surface area contributed by atoms with E-state index >= 15 is 0 Å². The maximum absolute atomic E-state index is 13.8. The second-order valence-corrected chi connectivity index (χ2v) is 7.93. The van der Waals surface area contributed by atoms with Crippen molar-refractivity contribution in [3.05, 3.63) is 71.7 Å². The molecule has 3 aromatic rings. The van der Waals surface area contributed by atoms with E-state index in [9.17, 15) is 14.0 Å². The number of nitrogens with zero attached hydrogens (tertiary/aromatic N) is 5. The number of allylic oxidation sites excluding steroid dienone is 2.